The van der Waals surface area contributed by atoms with E-state index in [9.17, 15) is 0 Å². The Bertz CT molecular complexity index is 3270. The number of fused-ring (bicyclic) bond motifs is 5. The fraction of sp³-hybridized carbons (Fsp3) is 0. The minimum atomic E-state index is 0.667. The van der Waals surface area contributed by atoms with Crippen molar-refractivity contribution in [2.24, 2.45) is 0 Å². The summed E-state index contributed by atoms with van der Waals surface area (Å²) >= 11 is 0. The molecule has 6 heteroatoms. The molecule has 6 nitrogen and oxygen atoms in total. The Labute approximate surface area is 334 Å². The maximum atomic E-state index is 5.16. The standard InChI is InChI=1S/C52H32N6/c1-3-8-33(9-4-1)48-32-49(58-52(57-48)40-10-5-2-6-11-40)45-28-24-37-18-22-42(31-47(37)55-45)41-21-17-36-23-26-43(54-46(36)30-41)34-13-15-35(16-14-34)44-27-25-39-20-19-38-12-7-29-53-50(38)51(39)56-44/h1-32H. The van der Waals surface area contributed by atoms with Crippen LogP contribution in [-0.4, -0.2) is 29.9 Å². The zero-order valence-corrected chi connectivity index (χ0v) is 31.2. The van der Waals surface area contributed by atoms with Crippen LogP contribution in [0.5, 0.6) is 0 Å². The number of aromatic nitrogens is 6. The quantitative estimate of drug-likeness (QED) is 0.158. The number of nitrogens with zero attached hydrogens (tertiary/aromatic N) is 6. The molecule has 0 saturated heterocycles. The first kappa shape index (κ1) is 33.4. The van der Waals surface area contributed by atoms with E-state index in [1.807, 2.05) is 72.9 Å². The zero-order chi connectivity index (χ0) is 38.4. The van der Waals surface area contributed by atoms with Gasteiger partial charge in [-0.05, 0) is 53.6 Å². The first-order chi connectivity index (χ1) is 28.7. The first-order valence-corrected chi connectivity index (χ1v) is 19.3. The molecule has 0 aliphatic rings. The van der Waals surface area contributed by atoms with Gasteiger partial charge in [-0.15, -0.1) is 0 Å². The van der Waals surface area contributed by atoms with Crippen molar-refractivity contribution in [1.82, 2.24) is 29.9 Å². The SMILES string of the molecule is c1ccc(-c2cc(-c3ccc4ccc(-c5ccc6ccc(-c7ccc(-c8ccc9ccc%10cccnc%10c9n8)cc7)nc6c5)cc4n3)nc(-c3ccccc3)n2)cc1. The summed E-state index contributed by atoms with van der Waals surface area (Å²) in [7, 11) is 0. The van der Waals surface area contributed by atoms with Gasteiger partial charge in [0, 0.05) is 50.0 Å². The highest BCUT2D eigenvalue weighted by Gasteiger charge is 2.13. The average Bonchev–Trinajstić information content (AvgIpc) is 3.31. The summed E-state index contributed by atoms with van der Waals surface area (Å²) in [5.41, 5.74) is 14.1. The third-order valence-electron chi connectivity index (χ3n) is 10.7. The van der Waals surface area contributed by atoms with E-state index in [1.165, 1.54) is 0 Å². The van der Waals surface area contributed by atoms with E-state index in [1.54, 1.807) is 0 Å². The molecule has 0 amide bonds. The molecule has 11 rings (SSSR count). The van der Waals surface area contributed by atoms with Crippen LogP contribution in [0, 0.1) is 0 Å². The van der Waals surface area contributed by atoms with Crippen molar-refractivity contribution in [1.29, 1.82) is 0 Å². The molecule has 270 valence electrons. The van der Waals surface area contributed by atoms with Gasteiger partial charge in [0.1, 0.15) is 0 Å². The van der Waals surface area contributed by atoms with Crippen LogP contribution in [-0.2, 0) is 0 Å². The van der Waals surface area contributed by atoms with Crippen molar-refractivity contribution < 1.29 is 0 Å². The van der Waals surface area contributed by atoms with Crippen LogP contribution in [0.25, 0.3) is 111 Å². The highest BCUT2D eigenvalue weighted by atomic mass is 14.9. The van der Waals surface area contributed by atoms with E-state index < -0.39 is 0 Å². The Hall–Kier alpha value is -7.96. The highest BCUT2D eigenvalue weighted by molar-refractivity contribution is 6.03. The number of hydrogen-bond donors (Lipinski definition) is 0. The van der Waals surface area contributed by atoms with Crippen LogP contribution >= 0.6 is 0 Å². The molecular weight excluding hydrogens is 709 g/mol. The minimum absolute atomic E-state index is 0.667. The van der Waals surface area contributed by atoms with Gasteiger partial charge in [0.25, 0.3) is 0 Å². The van der Waals surface area contributed by atoms with Gasteiger partial charge < -0.3 is 0 Å². The topological polar surface area (TPSA) is 77.3 Å². The molecule has 0 atom stereocenters. The first-order valence-electron chi connectivity index (χ1n) is 19.3. The second-order valence-electron chi connectivity index (χ2n) is 14.4. The normalized spacial score (nSPS) is 11.4. The lowest BCUT2D eigenvalue weighted by Crippen LogP contribution is -1.97. The molecule has 58 heavy (non-hydrogen) atoms. The van der Waals surface area contributed by atoms with E-state index in [4.69, 9.17) is 24.9 Å². The second-order valence-corrected chi connectivity index (χ2v) is 14.4. The molecule has 0 saturated carbocycles. The molecule has 0 fully saturated rings. The summed E-state index contributed by atoms with van der Waals surface area (Å²) in [6.45, 7) is 0. The molecule has 0 spiro atoms. The lowest BCUT2D eigenvalue weighted by molar-refractivity contribution is 1.17. The third-order valence-corrected chi connectivity index (χ3v) is 10.7. The van der Waals surface area contributed by atoms with Crippen LogP contribution in [0.2, 0.25) is 0 Å². The van der Waals surface area contributed by atoms with E-state index in [-0.39, 0.29) is 0 Å². The molecule has 0 aliphatic carbocycles. The summed E-state index contributed by atoms with van der Waals surface area (Å²) < 4.78 is 0. The summed E-state index contributed by atoms with van der Waals surface area (Å²) in [5.74, 6) is 0.667. The zero-order valence-electron chi connectivity index (χ0n) is 31.2. The van der Waals surface area contributed by atoms with Crippen LogP contribution in [0.3, 0.4) is 0 Å². The molecular formula is C52H32N6. The molecule has 5 heterocycles. The Morgan fingerprint density at radius 1 is 0.259 bits per heavy atom. The number of hydrogen-bond acceptors (Lipinski definition) is 6. The van der Waals surface area contributed by atoms with Crippen molar-refractivity contribution in [3.05, 3.63) is 194 Å². The highest BCUT2D eigenvalue weighted by Crippen LogP contribution is 2.32. The maximum Gasteiger partial charge on any atom is 0.160 e. The van der Waals surface area contributed by atoms with E-state index in [0.29, 0.717) is 5.82 Å². The Kier molecular flexibility index (Phi) is 8.04. The molecule has 0 aliphatic heterocycles. The predicted octanol–water partition coefficient (Wildman–Crippen LogP) is 12.7. The Morgan fingerprint density at radius 3 is 1.41 bits per heavy atom. The van der Waals surface area contributed by atoms with Crippen molar-refractivity contribution >= 4 is 43.6 Å². The molecule has 0 bridgehead atoms. The van der Waals surface area contributed by atoms with Gasteiger partial charge in [-0.2, -0.15) is 0 Å². The van der Waals surface area contributed by atoms with E-state index >= 15 is 0 Å². The summed E-state index contributed by atoms with van der Waals surface area (Å²) in [4.78, 5) is 29.9. The lowest BCUT2D eigenvalue weighted by atomic mass is 10.0. The van der Waals surface area contributed by atoms with Crippen LogP contribution in [0.1, 0.15) is 0 Å². The van der Waals surface area contributed by atoms with E-state index in [0.717, 1.165) is 105 Å². The van der Waals surface area contributed by atoms with E-state index in [2.05, 4.69) is 126 Å². The van der Waals surface area contributed by atoms with Crippen molar-refractivity contribution in [3.8, 4) is 67.7 Å². The Morgan fingerprint density at radius 2 is 0.741 bits per heavy atom. The number of benzene rings is 6. The van der Waals surface area contributed by atoms with Crippen LogP contribution in [0.4, 0.5) is 0 Å². The fourth-order valence-corrected chi connectivity index (χ4v) is 7.64. The number of pyridine rings is 4. The van der Waals surface area contributed by atoms with Gasteiger partial charge >= 0.3 is 0 Å². The largest absolute Gasteiger partial charge is 0.254 e. The minimum Gasteiger partial charge on any atom is -0.254 e. The number of rotatable bonds is 6. The molecule has 6 aromatic carbocycles. The van der Waals surface area contributed by atoms with Crippen LogP contribution in [0.15, 0.2) is 194 Å². The van der Waals surface area contributed by atoms with Crippen molar-refractivity contribution in [3.63, 3.8) is 0 Å². The van der Waals surface area contributed by atoms with Crippen LogP contribution < -0.4 is 0 Å². The molecule has 0 N–H and O–H groups in total. The van der Waals surface area contributed by atoms with Gasteiger partial charge in [0.15, 0.2) is 5.82 Å². The van der Waals surface area contributed by atoms with Gasteiger partial charge in [-0.25, -0.2) is 24.9 Å². The molecule has 0 radical (unpaired) electrons. The van der Waals surface area contributed by atoms with Crippen molar-refractivity contribution in [2.45, 2.75) is 0 Å². The summed E-state index contributed by atoms with van der Waals surface area (Å²) in [6.07, 6.45) is 1.82. The average molecular weight is 741 g/mol. The van der Waals surface area contributed by atoms with Gasteiger partial charge in [-0.3, -0.25) is 4.98 Å². The fourth-order valence-electron chi connectivity index (χ4n) is 7.64. The molecule has 11 aromatic rings. The van der Waals surface area contributed by atoms with Gasteiger partial charge in [0.2, 0.25) is 0 Å². The third kappa shape index (κ3) is 6.19. The second kappa shape index (κ2) is 14.0. The lowest BCUT2D eigenvalue weighted by Gasteiger charge is -2.10. The summed E-state index contributed by atoms with van der Waals surface area (Å²) in [6, 6.07) is 64.5. The van der Waals surface area contributed by atoms with Crippen molar-refractivity contribution in [2.75, 3.05) is 0 Å². The monoisotopic (exact) mass is 740 g/mol. The molecule has 0 unspecified atom stereocenters. The maximum absolute atomic E-state index is 5.16. The predicted molar refractivity (Wildman–Crippen MR) is 236 cm³/mol. The molecule has 5 aromatic heterocycles. The van der Waals surface area contributed by atoms with Gasteiger partial charge in [-0.1, -0.05) is 146 Å². The van der Waals surface area contributed by atoms with Gasteiger partial charge in [0.05, 0.1) is 50.5 Å². The summed E-state index contributed by atoms with van der Waals surface area (Å²) in [5, 5.41) is 4.30. The smallest absolute Gasteiger partial charge is 0.160 e. The Balaban J connectivity index is 0.914.